The molecule has 14 heavy (non-hydrogen) atoms. The van der Waals surface area contributed by atoms with Gasteiger partial charge in [-0.3, -0.25) is 0 Å². The van der Waals surface area contributed by atoms with Crippen LogP contribution in [-0.4, -0.2) is 0 Å². The quantitative estimate of drug-likeness (QED) is 0.554. The molecular formula is C14H20. The van der Waals surface area contributed by atoms with Gasteiger partial charge in [0.25, 0.3) is 0 Å². The zero-order chi connectivity index (χ0) is 11.0. The van der Waals surface area contributed by atoms with Crippen molar-refractivity contribution in [3.8, 4) is 0 Å². The fraction of sp³-hybridized carbons (Fsp3) is 0.286. The van der Waals surface area contributed by atoms with Gasteiger partial charge in [-0.2, -0.15) is 0 Å². The van der Waals surface area contributed by atoms with Gasteiger partial charge in [0, 0.05) is 0 Å². The Morgan fingerprint density at radius 1 is 1.14 bits per heavy atom. The number of allylic oxidation sites excluding steroid dienone is 8. The van der Waals surface area contributed by atoms with E-state index >= 15 is 0 Å². The molecule has 0 aromatic heterocycles. The second-order valence-corrected chi connectivity index (χ2v) is 3.41. The van der Waals surface area contributed by atoms with E-state index in [1.807, 2.05) is 38.2 Å². The van der Waals surface area contributed by atoms with Gasteiger partial charge in [-0.05, 0) is 27.2 Å². The number of hydrogen-bond acceptors (Lipinski definition) is 0. The Labute approximate surface area is 88.0 Å². The number of hydrogen-bond donors (Lipinski definition) is 0. The highest BCUT2D eigenvalue weighted by Gasteiger charge is 1.89. The van der Waals surface area contributed by atoms with Crippen LogP contribution in [0.4, 0.5) is 0 Å². The summed E-state index contributed by atoms with van der Waals surface area (Å²) in [5.74, 6) is 0. The van der Waals surface area contributed by atoms with Gasteiger partial charge in [0.2, 0.25) is 0 Å². The summed E-state index contributed by atoms with van der Waals surface area (Å²) in [6.07, 6.45) is 11.1. The van der Waals surface area contributed by atoms with Gasteiger partial charge in [-0.1, -0.05) is 60.3 Å². The van der Waals surface area contributed by atoms with Crippen LogP contribution in [0.15, 0.2) is 60.3 Å². The van der Waals surface area contributed by atoms with Crippen LogP contribution in [-0.2, 0) is 0 Å². The average molecular weight is 188 g/mol. The van der Waals surface area contributed by atoms with Crippen molar-refractivity contribution in [1.82, 2.24) is 0 Å². The van der Waals surface area contributed by atoms with Gasteiger partial charge >= 0.3 is 0 Å². The minimum atomic E-state index is 0.896. The largest absolute Gasteiger partial charge is 0.0959 e. The Hall–Kier alpha value is -1.30. The van der Waals surface area contributed by atoms with E-state index in [-0.39, 0.29) is 0 Å². The van der Waals surface area contributed by atoms with Crippen LogP contribution in [0.1, 0.15) is 27.2 Å². The maximum Gasteiger partial charge on any atom is -0.00975 e. The third-order valence-corrected chi connectivity index (χ3v) is 1.98. The summed E-state index contributed by atoms with van der Waals surface area (Å²) >= 11 is 0. The van der Waals surface area contributed by atoms with E-state index in [1.165, 1.54) is 5.57 Å². The Morgan fingerprint density at radius 3 is 2.29 bits per heavy atom. The fourth-order valence-electron chi connectivity index (χ4n) is 0.829. The van der Waals surface area contributed by atoms with Crippen LogP contribution in [0.3, 0.4) is 0 Å². The first kappa shape index (κ1) is 12.7. The highest BCUT2D eigenvalue weighted by atomic mass is 14.0. The zero-order valence-corrected chi connectivity index (χ0v) is 9.51. The summed E-state index contributed by atoms with van der Waals surface area (Å²) in [6, 6.07) is 0. The molecule has 0 heterocycles. The molecule has 0 amide bonds. The topological polar surface area (TPSA) is 0 Å². The van der Waals surface area contributed by atoms with Gasteiger partial charge in [0.05, 0.1) is 0 Å². The molecule has 0 N–H and O–H groups in total. The molecule has 0 unspecified atom stereocenters. The zero-order valence-electron chi connectivity index (χ0n) is 9.51. The fourth-order valence-corrected chi connectivity index (χ4v) is 0.829. The smallest absolute Gasteiger partial charge is 0.00975 e. The molecule has 0 saturated carbocycles. The molecule has 0 atom stereocenters. The maximum absolute atomic E-state index is 3.96. The van der Waals surface area contributed by atoms with Crippen LogP contribution in [0.2, 0.25) is 0 Å². The van der Waals surface area contributed by atoms with E-state index in [0.717, 1.165) is 17.6 Å². The lowest BCUT2D eigenvalue weighted by Crippen LogP contribution is -1.78. The molecule has 0 aromatic carbocycles. The minimum absolute atomic E-state index is 0.896. The first-order valence-electron chi connectivity index (χ1n) is 4.87. The monoisotopic (exact) mass is 188 g/mol. The second kappa shape index (κ2) is 7.14. The van der Waals surface area contributed by atoms with Crippen LogP contribution in [0.5, 0.6) is 0 Å². The molecule has 0 aliphatic heterocycles. The van der Waals surface area contributed by atoms with E-state index in [4.69, 9.17) is 0 Å². The molecule has 0 radical (unpaired) electrons. The Morgan fingerprint density at radius 2 is 1.79 bits per heavy atom. The molecule has 0 heteroatoms. The van der Waals surface area contributed by atoms with E-state index in [0.29, 0.717) is 0 Å². The molecule has 0 aromatic rings. The van der Waals surface area contributed by atoms with Gasteiger partial charge in [0.15, 0.2) is 0 Å². The van der Waals surface area contributed by atoms with Crippen molar-refractivity contribution in [2.45, 2.75) is 27.2 Å². The van der Waals surface area contributed by atoms with E-state index in [2.05, 4.69) is 26.2 Å². The predicted octanol–water partition coefficient (Wildman–Crippen LogP) is 4.59. The van der Waals surface area contributed by atoms with E-state index in [1.54, 1.807) is 0 Å². The summed E-state index contributed by atoms with van der Waals surface area (Å²) in [6.45, 7) is 13.9. The first-order chi connectivity index (χ1) is 6.57. The van der Waals surface area contributed by atoms with Crippen molar-refractivity contribution in [2.24, 2.45) is 0 Å². The molecule has 0 fully saturated rings. The van der Waals surface area contributed by atoms with Crippen LogP contribution >= 0.6 is 0 Å². The minimum Gasteiger partial charge on any atom is -0.0959 e. The van der Waals surface area contributed by atoms with E-state index in [9.17, 15) is 0 Å². The van der Waals surface area contributed by atoms with Gasteiger partial charge < -0.3 is 0 Å². The highest BCUT2D eigenvalue weighted by Crippen LogP contribution is 2.09. The molecule has 76 valence electrons. The summed E-state index contributed by atoms with van der Waals surface area (Å²) < 4.78 is 0. The van der Waals surface area contributed by atoms with Crippen molar-refractivity contribution < 1.29 is 0 Å². The van der Waals surface area contributed by atoms with Crippen LogP contribution in [0, 0.1) is 0 Å². The number of rotatable bonds is 5. The predicted molar refractivity (Wildman–Crippen MR) is 66.3 cm³/mol. The van der Waals surface area contributed by atoms with Crippen LogP contribution < -0.4 is 0 Å². The summed E-state index contributed by atoms with van der Waals surface area (Å²) in [7, 11) is 0. The molecule has 0 saturated heterocycles. The standard InChI is InChI=1S/C14H20/c1-6-7-8-9-13(4)10-11-14(5)12(2)3/h6-9,11H,2,4,10H2,1,3,5H3/b7-6-,9-8-,14-11+. The first-order valence-corrected chi connectivity index (χ1v) is 4.87. The van der Waals surface area contributed by atoms with Crippen LogP contribution in [0.25, 0.3) is 0 Å². The molecule has 0 nitrogen and oxygen atoms in total. The third kappa shape index (κ3) is 6.24. The SMILES string of the molecule is C=C(/C=C\C=C/C)C/C=C(\C)C(=C)C. The van der Waals surface area contributed by atoms with Gasteiger partial charge in [-0.15, -0.1) is 0 Å². The third-order valence-electron chi connectivity index (χ3n) is 1.98. The summed E-state index contributed by atoms with van der Waals surface area (Å²) in [5.41, 5.74) is 3.48. The van der Waals surface area contributed by atoms with Crippen molar-refractivity contribution in [1.29, 1.82) is 0 Å². The van der Waals surface area contributed by atoms with Crippen molar-refractivity contribution >= 4 is 0 Å². The van der Waals surface area contributed by atoms with Crippen molar-refractivity contribution in [2.75, 3.05) is 0 Å². The normalized spacial score (nSPS) is 12.6. The molecule has 0 aliphatic carbocycles. The molecule has 0 bridgehead atoms. The van der Waals surface area contributed by atoms with Crippen molar-refractivity contribution in [3.63, 3.8) is 0 Å². The molecule has 0 aliphatic rings. The lowest BCUT2D eigenvalue weighted by Gasteiger charge is -1.99. The Bertz CT molecular complexity index is 285. The van der Waals surface area contributed by atoms with Gasteiger partial charge in [0.1, 0.15) is 0 Å². The molecular weight excluding hydrogens is 168 g/mol. The highest BCUT2D eigenvalue weighted by molar-refractivity contribution is 5.28. The average Bonchev–Trinajstić information content (AvgIpc) is 2.14. The molecule has 0 rings (SSSR count). The van der Waals surface area contributed by atoms with Crippen molar-refractivity contribution in [3.05, 3.63) is 60.3 Å². The van der Waals surface area contributed by atoms with Gasteiger partial charge in [-0.25, -0.2) is 0 Å². The lowest BCUT2D eigenvalue weighted by atomic mass is 10.1. The Kier molecular flexibility index (Phi) is 6.47. The van der Waals surface area contributed by atoms with E-state index < -0.39 is 0 Å². The summed E-state index contributed by atoms with van der Waals surface area (Å²) in [4.78, 5) is 0. The summed E-state index contributed by atoms with van der Waals surface area (Å²) in [5, 5.41) is 0. The maximum atomic E-state index is 3.96. The lowest BCUT2D eigenvalue weighted by molar-refractivity contribution is 1.23. The Balaban J connectivity index is 4.09. The second-order valence-electron chi connectivity index (χ2n) is 3.41. The molecule has 0 spiro atoms.